The van der Waals surface area contributed by atoms with E-state index in [-0.39, 0.29) is 42.4 Å². The molecule has 5 saturated heterocycles. The van der Waals surface area contributed by atoms with Gasteiger partial charge in [0.2, 0.25) is 5.91 Å². The number of hydrogen-bond donors (Lipinski definition) is 1. The van der Waals surface area contributed by atoms with Crippen LogP contribution in [0.4, 0.5) is 47.3 Å². The number of nitriles is 1. The van der Waals surface area contributed by atoms with Crippen LogP contribution in [0.5, 0.6) is 5.75 Å². The van der Waals surface area contributed by atoms with E-state index in [0.717, 1.165) is 98.2 Å². The van der Waals surface area contributed by atoms with Crippen molar-refractivity contribution < 1.29 is 42.5 Å². The second-order valence-electron chi connectivity index (χ2n) is 26.2. The second kappa shape index (κ2) is 23.7. The van der Waals surface area contributed by atoms with Crippen molar-refractivity contribution in [2.45, 2.75) is 161 Å². The number of methoxy groups -OCH3 is 1. The number of hydrogen-bond acceptors (Lipinski definition) is 16. The van der Waals surface area contributed by atoms with Crippen molar-refractivity contribution in [1.82, 2.24) is 30.0 Å². The Labute approximate surface area is 497 Å². The molecule has 5 amide bonds. The Balaban J connectivity index is 0.746. The first-order valence-electron chi connectivity index (χ1n) is 30.3. The van der Waals surface area contributed by atoms with Gasteiger partial charge in [0.1, 0.15) is 34.3 Å². The number of para-hydroxylation sites is 1. The lowest BCUT2D eigenvalue weighted by atomic mass is 9.67. The minimum absolute atomic E-state index is 0.00449. The molecule has 11 rings (SSSR count). The first kappa shape index (κ1) is 59.2. The maximum absolute atomic E-state index is 17.1. The summed E-state index contributed by atoms with van der Waals surface area (Å²) in [7, 11) is 1.54. The van der Waals surface area contributed by atoms with Crippen molar-refractivity contribution in [1.29, 1.82) is 5.26 Å². The standard InChI is InChI=1S/C64H81FN12O8/c1-9-42-37-75(56-50(42)32-48(36-67-56)74-27-20-55(78)68-58(74)79)44-18-21-63(22-19-44)23-28-71(29-24-63)40-64(65)25-30-72(31-26-64)52-33-45(15-14-43(52)35-66)76-46-16-17-47(76)39-73(38-46)53-34-51(49-12-10-11-13-54(49)83-41-82-8)69-70-57(53)77(59(80)84-61(2,3)4)60(81)85-62(5,6)7/h10-15,32-34,36-37,44,46-47H,9,16-31,38-41H2,1-8H3,(H,68,78,79). The Morgan fingerprint density at radius 1 is 0.800 bits per heavy atom. The summed E-state index contributed by atoms with van der Waals surface area (Å²) in [5.74, 6) is 0.238. The number of carbonyl (C=O) groups is 4. The number of piperazine rings is 1. The molecule has 2 atom stereocenters. The molecule has 2 unspecified atom stereocenters. The number of carbonyl (C=O) groups excluding carboxylic acids is 4. The molecular weight excluding hydrogens is 1080 g/mol. The number of nitrogens with one attached hydrogen (secondary N) is 1. The van der Waals surface area contributed by atoms with Crippen LogP contribution >= 0.6 is 0 Å². The lowest BCUT2D eigenvalue weighted by Gasteiger charge is -2.48. The van der Waals surface area contributed by atoms with Gasteiger partial charge in [0, 0.05) is 107 Å². The number of nitrogens with zero attached hydrogens (tertiary/aromatic N) is 11. The number of pyridine rings is 1. The molecule has 0 radical (unpaired) electrons. The lowest BCUT2D eigenvalue weighted by molar-refractivity contribution is -0.120. The second-order valence-corrected chi connectivity index (χ2v) is 26.2. The van der Waals surface area contributed by atoms with Crippen LogP contribution in [-0.4, -0.2) is 144 Å². The quantitative estimate of drug-likeness (QED) is 0.109. The fraction of sp³-hybridized carbons (Fsp3) is 0.562. The van der Waals surface area contributed by atoms with Crippen LogP contribution in [0, 0.1) is 16.7 Å². The molecular formula is C64H81FN12O8. The summed E-state index contributed by atoms with van der Waals surface area (Å²) >= 11 is 0. The van der Waals surface area contributed by atoms with Gasteiger partial charge in [-0.25, -0.2) is 23.8 Å². The molecule has 5 aromatic rings. The molecule has 1 N–H and O–H groups in total. The van der Waals surface area contributed by atoms with Gasteiger partial charge in [0.15, 0.2) is 12.6 Å². The molecule has 2 bridgehead atoms. The van der Waals surface area contributed by atoms with Crippen LogP contribution in [0.25, 0.3) is 22.3 Å². The van der Waals surface area contributed by atoms with E-state index >= 15 is 4.39 Å². The SMILES string of the molecule is CCc1cn(C2CCC3(CC2)CCN(CC2(F)CCN(c4cc(N5C6CCC5CN(c5cc(-c7ccccc7OCOC)nnc5N(C(=O)OC(C)(C)C)C(=O)OC(C)(C)C)C6)ccc4C#N)CC2)CC3)c2ncc(N3CCC(=O)NC3=O)cc12. The first-order valence-corrected chi connectivity index (χ1v) is 30.3. The molecule has 21 heteroatoms. The van der Waals surface area contributed by atoms with E-state index in [9.17, 15) is 24.4 Å². The van der Waals surface area contributed by atoms with E-state index in [4.69, 9.17) is 23.9 Å². The molecule has 2 aromatic carbocycles. The molecule has 6 aliphatic rings. The number of aromatic nitrogens is 4. The van der Waals surface area contributed by atoms with E-state index in [0.29, 0.717) is 92.1 Å². The first-order chi connectivity index (χ1) is 40.6. The number of aryl methyl sites for hydroxylation is 1. The number of rotatable bonds is 13. The maximum Gasteiger partial charge on any atom is 0.425 e. The van der Waals surface area contributed by atoms with E-state index in [1.165, 1.54) is 5.56 Å². The van der Waals surface area contributed by atoms with Crippen LogP contribution in [0.2, 0.25) is 0 Å². The van der Waals surface area contributed by atoms with Crippen LogP contribution in [0.1, 0.15) is 136 Å². The number of fused-ring (bicyclic) bond motifs is 3. The largest absolute Gasteiger partial charge is 0.467 e. The molecule has 3 aromatic heterocycles. The normalized spacial score (nSPS) is 21.0. The zero-order chi connectivity index (χ0) is 60.0. The Morgan fingerprint density at radius 2 is 1.48 bits per heavy atom. The Kier molecular flexibility index (Phi) is 16.5. The number of likely N-dealkylation sites (tertiary alicyclic amines) is 1. The number of ether oxygens (including phenoxy) is 4. The number of imide groups is 2. The average molecular weight is 1170 g/mol. The monoisotopic (exact) mass is 1160 g/mol. The number of benzene rings is 2. The summed E-state index contributed by atoms with van der Waals surface area (Å²) in [6.07, 6.45) is 12.2. The van der Waals surface area contributed by atoms with Gasteiger partial charge in [0.05, 0.1) is 34.5 Å². The third-order valence-corrected chi connectivity index (χ3v) is 18.2. The van der Waals surface area contributed by atoms with Gasteiger partial charge < -0.3 is 43.1 Å². The van der Waals surface area contributed by atoms with Gasteiger partial charge in [-0.3, -0.25) is 15.0 Å². The number of halogens is 1. The van der Waals surface area contributed by atoms with E-state index in [2.05, 4.69) is 64.9 Å². The van der Waals surface area contributed by atoms with Gasteiger partial charge in [-0.05, 0) is 166 Å². The zero-order valence-corrected chi connectivity index (χ0v) is 50.5. The summed E-state index contributed by atoms with van der Waals surface area (Å²) in [4.78, 5) is 69.2. The summed E-state index contributed by atoms with van der Waals surface area (Å²) < 4.78 is 42.3. The lowest BCUT2D eigenvalue weighted by Crippen LogP contribution is -2.55. The molecule has 5 aliphatic heterocycles. The molecule has 6 fully saturated rings. The molecule has 1 spiro atoms. The highest BCUT2D eigenvalue weighted by atomic mass is 19.1. The van der Waals surface area contributed by atoms with E-state index in [1.54, 1.807) is 59.7 Å². The van der Waals surface area contributed by atoms with Gasteiger partial charge >= 0.3 is 18.2 Å². The molecule has 1 saturated carbocycles. The fourth-order valence-electron chi connectivity index (χ4n) is 13.8. The molecule has 8 heterocycles. The molecule has 85 heavy (non-hydrogen) atoms. The summed E-state index contributed by atoms with van der Waals surface area (Å²) in [5, 5.41) is 23.2. The predicted octanol–water partition coefficient (Wildman–Crippen LogP) is 11.1. The van der Waals surface area contributed by atoms with Crippen LogP contribution in [0.3, 0.4) is 0 Å². The van der Waals surface area contributed by atoms with Crippen molar-refractivity contribution in [3.8, 4) is 23.1 Å². The minimum Gasteiger partial charge on any atom is -0.467 e. The molecule has 20 nitrogen and oxygen atoms in total. The number of urea groups is 1. The number of alkyl halides is 1. The Hall–Kier alpha value is -7.57. The Morgan fingerprint density at radius 3 is 2.12 bits per heavy atom. The summed E-state index contributed by atoms with van der Waals surface area (Å²) in [5.41, 5.74) is 3.80. The van der Waals surface area contributed by atoms with Crippen molar-refractivity contribution in [2.75, 3.05) is 90.8 Å². The van der Waals surface area contributed by atoms with Gasteiger partial charge in [-0.1, -0.05) is 19.1 Å². The zero-order valence-electron chi connectivity index (χ0n) is 50.5. The van der Waals surface area contributed by atoms with E-state index in [1.807, 2.05) is 48.5 Å². The highest BCUT2D eigenvalue weighted by molar-refractivity contribution is 6.11. The maximum atomic E-state index is 17.1. The average Bonchev–Trinajstić information content (AvgIpc) is 3.14. The fourth-order valence-corrected chi connectivity index (χ4v) is 13.8. The summed E-state index contributed by atoms with van der Waals surface area (Å²) in [6, 6.07) is 19.7. The van der Waals surface area contributed by atoms with Gasteiger partial charge in [-0.2, -0.15) is 10.2 Å². The topological polar surface area (TPSA) is 204 Å². The highest BCUT2D eigenvalue weighted by Gasteiger charge is 2.46. The van der Waals surface area contributed by atoms with Gasteiger partial charge in [-0.15, -0.1) is 10.2 Å². The smallest absolute Gasteiger partial charge is 0.425 e. The van der Waals surface area contributed by atoms with Gasteiger partial charge in [0.25, 0.3) is 0 Å². The molecule has 1 aliphatic carbocycles. The van der Waals surface area contributed by atoms with Crippen LogP contribution in [0.15, 0.2) is 67.0 Å². The van der Waals surface area contributed by atoms with Crippen molar-refractivity contribution in [2.24, 2.45) is 5.41 Å². The van der Waals surface area contributed by atoms with Crippen LogP contribution in [-0.2, 0) is 25.4 Å². The predicted molar refractivity (Wildman–Crippen MR) is 323 cm³/mol. The number of anilines is 5. The number of piperidine rings is 2. The minimum atomic E-state index is -1.34. The van der Waals surface area contributed by atoms with Crippen molar-refractivity contribution in [3.63, 3.8) is 0 Å². The van der Waals surface area contributed by atoms with E-state index < -0.39 is 35.1 Å². The highest BCUT2D eigenvalue weighted by Crippen LogP contribution is 2.50. The van der Waals surface area contributed by atoms with Crippen LogP contribution < -0.4 is 34.6 Å². The molecule has 452 valence electrons. The third kappa shape index (κ3) is 12.6. The number of amides is 5. The van der Waals surface area contributed by atoms with Crippen molar-refractivity contribution in [3.05, 3.63) is 78.1 Å². The summed E-state index contributed by atoms with van der Waals surface area (Å²) in [6.45, 7) is 17.0. The van der Waals surface area contributed by atoms with Crippen molar-refractivity contribution >= 4 is 63.7 Å². The Bertz CT molecular complexity index is 3320. The third-order valence-electron chi connectivity index (χ3n) is 18.2.